The molecule has 0 radical (unpaired) electrons. The predicted molar refractivity (Wildman–Crippen MR) is 75.3 cm³/mol. The van der Waals surface area contributed by atoms with E-state index in [2.05, 4.69) is 15.9 Å². The molecule has 2 saturated heterocycles. The second-order valence-corrected chi connectivity index (χ2v) is 6.37. The van der Waals surface area contributed by atoms with Crippen LogP contribution in [0.4, 0.5) is 4.39 Å². The lowest BCUT2D eigenvalue weighted by molar-refractivity contribution is -0.0920. The number of ketones is 1. The molecule has 108 valence electrons. The van der Waals surface area contributed by atoms with Crippen molar-refractivity contribution in [1.29, 1.82) is 0 Å². The molecule has 20 heavy (non-hydrogen) atoms. The van der Waals surface area contributed by atoms with Gasteiger partial charge in [0.05, 0.1) is 16.7 Å². The zero-order chi connectivity index (χ0) is 14.2. The molecule has 1 spiro atoms. The van der Waals surface area contributed by atoms with Gasteiger partial charge in [-0.15, -0.1) is 0 Å². The molecular weight excluding hydrogens is 327 g/mol. The Morgan fingerprint density at radius 1 is 1.40 bits per heavy atom. The van der Waals surface area contributed by atoms with Gasteiger partial charge in [0.1, 0.15) is 5.82 Å². The number of benzene rings is 1. The van der Waals surface area contributed by atoms with Crippen LogP contribution in [-0.2, 0) is 9.47 Å². The van der Waals surface area contributed by atoms with Gasteiger partial charge in [-0.2, -0.15) is 0 Å². The third-order valence-corrected chi connectivity index (χ3v) is 4.74. The second kappa shape index (κ2) is 5.54. The highest BCUT2D eigenvalue weighted by Crippen LogP contribution is 2.37. The first-order valence-corrected chi connectivity index (χ1v) is 7.60. The molecule has 3 nitrogen and oxygen atoms in total. The molecule has 2 unspecified atom stereocenters. The maximum atomic E-state index is 13.3. The molecule has 2 aliphatic rings. The molecule has 2 aliphatic heterocycles. The summed E-state index contributed by atoms with van der Waals surface area (Å²) in [7, 11) is 0. The fourth-order valence-corrected chi connectivity index (χ4v) is 3.38. The molecular formula is C15H16BrFO3. The molecule has 0 N–H and O–H groups in total. The van der Waals surface area contributed by atoms with Gasteiger partial charge in [0.2, 0.25) is 0 Å². The van der Waals surface area contributed by atoms with Gasteiger partial charge in [-0.25, -0.2) is 4.39 Å². The molecule has 0 aliphatic carbocycles. The second-order valence-electron chi connectivity index (χ2n) is 5.52. The number of hydrogen-bond acceptors (Lipinski definition) is 3. The van der Waals surface area contributed by atoms with E-state index in [1.807, 2.05) is 0 Å². The average Bonchev–Trinajstić information content (AvgIpc) is 2.89. The number of hydrogen-bond donors (Lipinski definition) is 0. The van der Waals surface area contributed by atoms with Crippen LogP contribution in [-0.4, -0.2) is 31.2 Å². The van der Waals surface area contributed by atoms with Crippen LogP contribution in [0.2, 0.25) is 0 Å². The van der Waals surface area contributed by atoms with Gasteiger partial charge >= 0.3 is 0 Å². The largest absolute Gasteiger partial charge is 0.378 e. The maximum absolute atomic E-state index is 13.3. The van der Waals surface area contributed by atoms with E-state index >= 15 is 0 Å². The zero-order valence-corrected chi connectivity index (χ0v) is 12.6. The number of ether oxygens (including phenoxy) is 2. The highest BCUT2D eigenvalue weighted by Gasteiger charge is 2.43. The number of halogens is 2. The smallest absolute Gasteiger partial charge is 0.166 e. The van der Waals surface area contributed by atoms with Crippen molar-refractivity contribution < 1.29 is 18.7 Å². The van der Waals surface area contributed by atoms with Crippen LogP contribution in [0.1, 0.15) is 29.6 Å². The van der Waals surface area contributed by atoms with Crippen LogP contribution in [0.3, 0.4) is 0 Å². The Bertz CT molecular complexity index is 526. The van der Waals surface area contributed by atoms with Crippen LogP contribution in [0.25, 0.3) is 0 Å². The van der Waals surface area contributed by atoms with Gasteiger partial charge in [-0.05, 0) is 47.0 Å². The van der Waals surface area contributed by atoms with E-state index in [1.165, 1.54) is 6.07 Å². The molecule has 5 heteroatoms. The summed E-state index contributed by atoms with van der Waals surface area (Å²) in [5.74, 6) is -0.350. The van der Waals surface area contributed by atoms with E-state index in [0.29, 0.717) is 36.3 Å². The van der Waals surface area contributed by atoms with Crippen molar-refractivity contribution in [3.63, 3.8) is 0 Å². The number of carbonyl (C=O) groups excluding carboxylic acids is 1. The van der Waals surface area contributed by atoms with E-state index in [1.54, 1.807) is 12.1 Å². The summed E-state index contributed by atoms with van der Waals surface area (Å²) < 4.78 is 24.8. The molecule has 0 saturated carbocycles. The molecule has 0 aromatic heterocycles. The SMILES string of the molecule is O=C(c1ccc(F)c(Br)c1)C1CCOC2(CCOC2)C1. The van der Waals surface area contributed by atoms with Gasteiger partial charge < -0.3 is 9.47 Å². The lowest BCUT2D eigenvalue weighted by Crippen LogP contribution is -2.42. The van der Waals surface area contributed by atoms with Crippen molar-refractivity contribution in [2.24, 2.45) is 5.92 Å². The monoisotopic (exact) mass is 342 g/mol. The number of Topliss-reactive ketones (excluding diaryl/α,β-unsaturated/α-hetero) is 1. The normalized spacial score (nSPS) is 29.8. The highest BCUT2D eigenvalue weighted by atomic mass is 79.9. The van der Waals surface area contributed by atoms with Crippen molar-refractivity contribution in [3.8, 4) is 0 Å². The average molecular weight is 343 g/mol. The summed E-state index contributed by atoms with van der Waals surface area (Å²) in [4.78, 5) is 12.6. The Hall–Kier alpha value is -0.780. The van der Waals surface area contributed by atoms with E-state index in [0.717, 1.165) is 12.8 Å². The minimum absolute atomic E-state index is 0.0668. The fourth-order valence-electron chi connectivity index (χ4n) is 3.00. The summed E-state index contributed by atoms with van der Waals surface area (Å²) in [5, 5.41) is 0. The van der Waals surface area contributed by atoms with E-state index < -0.39 is 0 Å². The van der Waals surface area contributed by atoms with Gasteiger partial charge in [0, 0.05) is 31.1 Å². The van der Waals surface area contributed by atoms with Crippen LogP contribution in [0, 0.1) is 11.7 Å². The molecule has 0 bridgehead atoms. The summed E-state index contributed by atoms with van der Waals surface area (Å²) in [6, 6.07) is 4.44. The third kappa shape index (κ3) is 2.67. The maximum Gasteiger partial charge on any atom is 0.166 e. The molecule has 2 atom stereocenters. The van der Waals surface area contributed by atoms with E-state index in [4.69, 9.17) is 9.47 Å². The Balaban J connectivity index is 1.77. The lowest BCUT2D eigenvalue weighted by atomic mass is 9.81. The van der Waals surface area contributed by atoms with Gasteiger partial charge in [-0.1, -0.05) is 0 Å². The number of carbonyl (C=O) groups is 1. The minimum atomic E-state index is -0.353. The van der Waals surface area contributed by atoms with Gasteiger partial charge in [0.25, 0.3) is 0 Å². The highest BCUT2D eigenvalue weighted by molar-refractivity contribution is 9.10. The van der Waals surface area contributed by atoms with Crippen molar-refractivity contribution >= 4 is 21.7 Å². The third-order valence-electron chi connectivity index (χ3n) is 4.14. The van der Waals surface area contributed by atoms with E-state index in [-0.39, 0.29) is 23.1 Å². The van der Waals surface area contributed by atoms with Crippen molar-refractivity contribution in [3.05, 3.63) is 34.1 Å². The zero-order valence-electron chi connectivity index (χ0n) is 11.0. The minimum Gasteiger partial charge on any atom is -0.378 e. The topological polar surface area (TPSA) is 35.5 Å². The number of rotatable bonds is 2. The Morgan fingerprint density at radius 2 is 2.25 bits per heavy atom. The predicted octanol–water partition coefficient (Wildman–Crippen LogP) is 3.36. The van der Waals surface area contributed by atoms with Crippen LogP contribution >= 0.6 is 15.9 Å². The Labute approximate surface area is 125 Å². The van der Waals surface area contributed by atoms with E-state index in [9.17, 15) is 9.18 Å². The van der Waals surface area contributed by atoms with Gasteiger partial charge in [0.15, 0.2) is 5.78 Å². The Morgan fingerprint density at radius 3 is 2.95 bits per heavy atom. The first kappa shape index (κ1) is 14.2. The lowest BCUT2D eigenvalue weighted by Gasteiger charge is -2.36. The van der Waals surface area contributed by atoms with Crippen LogP contribution < -0.4 is 0 Å². The molecule has 2 heterocycles. The summed E-state index contributed by atoms with van der Waals surface area (Å²) in [6.07, 6.45) is 2.26. The summed E-state index contributed by atoms with van der Waals surface area (Å²) >= 11 is 3.13. The molecule has 1 aromatic rings. The van der Waals surface area contributed by atoms with Crippen molar-refractivity contribution in [2.45, 2.75) is 24.9 Å². The molecule has 0 amide bonds. The fraction of sp³-hybridized carbons (Fsp3) is 0.533. The first-order valence-electron chi connectivity index (χ1n) is 6.81. The van der Waals surface area contributed by atoms with Crippen molar-refractivity contribution in [1.82, 2.24) is 0 Å². The first-order chi connectivity index (χ1) is 9.60. The van der Waals surface area contributed by atoms with Crippen LogP contribution in [0.15, 0.2) is 22.7 Å². The molecule has 1 aromatic carbocycles. The summed E-state index contributed by atoms with van der Waals surface area (Å²) in [6.45, 7) is 1.86. The standard InChI is InChI=1S/C15H16BrFO3/c16-12-7-10(1-2-13(12)17)14(18)11-3-5-20-15(8-11)4-6-19-9-15/h1-2,7,11H,3-6,8-9H2. The molecule has 2 fully saturated rings. The summed E-state index contributed by atoms with van der Waals surface area (Å²) in [5.41, 5.74) is 0.273. The van der Waals surface area contributed by atoms with Gasteiger partial charge in [-0.3, -0.25) is 4.79 Å². The quantitative estimate of drug-likeness (QED) is 0.773. The van der Waals surface area contributed by atoms with Crippen molar-refractivity contribution in [2.75, 3.05) is 19.8 Å². The molecule has 3 rings (SSSR count). The van der Waals surface area contributed by atoms with Crippen LogP contribution in [0.5, 0.6) is 0 Å². The Kier molecular flexibility index (Phi) is 3.93.